The van der Waals surface area contributed by atoms with Crippen LogP contribution >= 0.6 is 11.8 Å². The molecule has 1 aromatic heterocycles. The van der Waals surface area contributed by atoms with E-state index in [0.29, 0.717) is 6.54 Å². The number of hydrogen-bond donors (Lipinski definition) is 1. The molecular weight excluding hydrogens is 230 g/mol. The van der Waals surface area contributed by atoms with E-state index in [1.807, 2.05) is 24.2 Å². The van der Waals surface area contributed by atoms with Crippen molar-refractivity contribution in [3.05, 3.63) is 48.5 Å². The molecule has 0 saturated carbocycles. The molecule has 0 spiro atoms. The summed E-state index contributed by atoms with van der Waals surface area (Å²) < 4.78 is 2.13. The fourth-order valence-corrected chi connectivity index (χ4v) is 2.48. The van der Waals surface area contributed by atoms with E-state index in [1.165, 1.54) is 4.90 Å². The summed E-state index contributed by atoms with van der Waals surface area (Å²) in [6, 6.07) is 10.5. The lowest BCUT2D eigenvalue weighted by Gasteiger charge is -2.02. The lowest BCUT2D eigenvalue weighted by Crippen LogP contribution is -2.03. The van der Waals surface area contributed by atoms with E-state index in [2.05, 4.69) is 40.0 Å². The number of nitrogens with two attached hydrogens (primary N) is 1. The number of rotatable bonds is 6. The van der Waals surface area contributed by atoms with Gasteiger partial charge < -0.3 is 10.3 Å². The third kappa shape index (κ3) is 3.91. The molecule has 0 aliphatic carbocycles. The van der Waals surface area contributed by atoms with Crippen molar-refractivity contribution >= 4 is 11.8 Å². The molecule has 0 radical (unpaired) electrons. The normalized spacial score (nSPS) is 10.6. The van der Waals surface area contributed by atoms with E-state index >= 15 is 0 Å². The molecule has 1 heterocycles. The molecule has 0 saturated heterocycles. The standard InChI is InChI=1S/C13H17N3S/c14-7-6-12-10-16(11-15-12)8-9-17-13-4-2-1-3-5-13/h1-5,10-11H,6-9,14H2. The Bertz CT molecular complexity index is 439. The Balaban J connectivity index is 1.78. The number of imidazole rings is 1. The molecule has 2 N–H and O–H groups in total. The molecule has 0 aliphatic rings. The highest BCUT2D eigenvalue weighted by Gasteiger charge is 1.98. The van der Waals surface area contributed by atoms with Crippen molar-refractivity contribution in [2.45, 2.75) is 17.9 Å². The van der Waals surface area contributed by atoms with Gasteiger partial charge >= 0.3 is 0 Å². The Hall–Kier alpha value is -1.26. The van der Waals surface area contributed by atoms with Crippen LogP contribution in [0, 0.1) is 0 Å². The van der Waals surface area contributed by atoms with Crippen molar-refractivity contribution in [3.8, 4) is 0 Å². The van der Waals surface area contributed by atoms with Gasteiger partial charge in [0.05, 0.1) is 12.0 Å². The Kier molecular flexibility index (Phi) is 4.64. The van der Waals surface area contributed by atoms with Crippen LogP contribution in [0.2, 0.25) is 0 Å². The number of aryl methyl sites for hydroxylation is 1. The number of benzene rings is 1. The van der Waals surface area contributed by atoms with Crippen molar-refractivity contribution in [1.29, 1.82) is 0 Å². The van der Waals surface area contributed by atoms with Crippen LogP contribution in [-0.4, -0.2) is 21.8 Å². The summed E-state index contributed by atoms with van der Waals surface area (Å²) in [5, 5.41) is 0. The minimum atomic E-state index is 0.662. The lowest BCUT2D eigenvalue weighted by atomic mass is 10.3. The summed E-state index contributed by atoms with van der Waals surface area (Å²) in [5.74, 6) is 1.06. The average molecular weight is 247 g/mol. The van der Waals surface area contributed by atoms with E-state index in [4.69, 9.17) is 5.73 Å². The van der Waals surface area contributed by atoms with Crippen molar-refractivity contribution in [2.24, 2.45) is 5.73 Å². The van der Waals surface area contributed by atoms with E-state index in [9.17, 15) is 0 Å². The van der Waals surface area contributed by atoms with Gasteiger partial charge in [-0.05, 0) is 18.7 Å². The third-order valence-electron chi connectivity index (χ3n) is 2.45. The molecular formula is C13H17N3S. The first-order valence-corrected chi connectivity index (χ1v) is 6.75. The molecule has 1 aromatic carbocycles. The molecule has 3 nitrogen and oxygen atoms in total. The van der Waals surface area contributed by atoms with E-state index in [-0.39, 0.29) is 0 Å². The SMILES string of the molecule is NCCc1cn(CCSc2ccccc2)cn1. The van der Waals surface area contributed by atoms with E-state index in [0.717, 1.165) is 24.4 Å². The minimum absolute atomic E-state index is 0.662. The molecule has 4 heteroatoms. The van der Waals surface area contributed by atoms with Crippen molar-refractivity contribution in [2.75, 3.05) is 12.3 Å². The van der Waals surface area contributed by atoms with Crippen LogP contribution in [0.25, 0.3) is 0 Å². The van der Waals surface area contributed by atoms with Gasteiger partial charge in [-0.25, -0.2) is 4.98 Å². The van der Waals surface area contributed by atoms with Crippen LogP contribution in [0.5, 0.6) is 0 Å². The molecule has 2 aromatic rings. The summed E-state index contributed by atoms with van der Waals surface area (Å²) in [6.45, 7) is 1.65. The minimum Gasteiger partial charge on any atom is -0.336 e. The molecule has 0 unspecified atom stereocenters. The second kappa shape index (κ2) is 6.47. The van der Waals surface area contributed by atoms with Gasteiger partial charge in [0.1, 0.15) is 0 Å². The predicted molar refractivity (Wildman–Crippen MR) is 72.2 cm³/mol. The van der Waals surface area contributed by atoms with Gasteiger partial charge in [-0.15, -0.1) is 11.8 Å². The van der Waals surface area contributed by atoms with Crippen LogP contribution in [0.4, 0.5) is 0 Å². The Labute approximate surface area is 106 Å². The predicted octanol–water partition coefficient (Wildman–Crippen LogP) is 2.18. The molecule has 2 rings (SSSR count). The lowest BCUT2D eigenvalue weighted by molar-refractivity contribution is 0.769. The number of thioether (sulfide) groups is 1. The summed E-state index contributed by atoms with van der Waals surface area (Å²) in [7, 11) is 0. The second-order valence-electron chi connectivity index (χ2n) is 3.80. The van der Waals surface area contributed by atoms with Gasteiger partial charge in [0.25, 0.3) is 0 Å². The zero-order chi connectivity index (χ0) is 11.9. The van der Waals surface area contributed by atoms with Gasteiger partial charge in [-0.2, -0.15) is 0 Å². The zero-order valence-corrected chi connectivity index (χ0v) is 10.6. The summed E-state index contributed by atoms with van der Waals surface area (Å²) in [5.41, 5.74) is 6.57. The molecule has 0 bridgehead atoms. The third-order valence-corrected chi connectivity index (χ3v) is 3.44. The van der Waals surface area contributed by atoms with Crippen LogP contribution in [0.3, 0.4) is 0 Å². The fourth-order valence-electron chi connectivity index (χ4n) is 1.59. The maximum Gasteiger partial charge on any atom is 0.0949 e. The van der Waals surface area contributed by atoms with Crippen LogP contribution < -0.4 is 5.73 Å². The van der Waals surface area contributed by atoms with Crippen molar-refractivity contribution < 1.29 is 0 Å². The molecule has 0 amide bonds. The highest BCUT2D eigenvalue weighted by molar-refractivity contribution is 7.99. The number of aromatic nitrogens is 2. The highest BCUT2D eigenvalue weighted by atomic mass is 32.2. The van der Waals surface area contributed by atoms with Gasteiger partial charge in [-0.3, -0.25) is 0 Å². The smallest absolute Gasteiger partial charge is 0.0949 e. The summed E-state index contributed by atoms with van der Waals surface area (Å²) >= 11 is 1.86. The van der Waals surface area contributed by atoms with Gasteiger partial charge in [0.15, 0.2) is 0 Å². The molecule has 0 atom stereocenters. The topological polar surface area (TPSA) is 43.8 Å². The largest absolute Gasteiger partial charge is 0.336 e. The highest BCUT2D eigenvalue weighted by Crippen LogP contribution is 2.17. The molecule has 17 heavy (non-hydrogen) atoms. The molecule has 0 fully saturated rings. The fraction of sp³-hybridized carbons (Fsp3) is 0.308. The first-order valence-electron chi connectivity index (χ1n) is 5.77. The maximum absolute atomic E-state index is 5.49. The first-order chi connectivity index (χ1) is 8.38. The van der Waals surface area contributed by atoms with Gasteiger partial charge in [0, 0.05) is 29.8 Å². The molecule has 0 aliphatic heterocycles. The molecule has 90 valence electrons. The Morgan fingerprint density at radius 2 is 2.06 bits per heavy atom. The van der Waals surface area contributed by atoms with Crippen molar-refractivity contribution in [3.63, 3.8) is 0 Å². The number of nitrogens with zero attached hydrogens (tertiary/aromatic N) is 2. The monoisotopic (exact) mass is 247 g/mol. The van der Waals surface area contributed by atoms with E-state index < -0.39 is 0 Å². The van der Waals surface area contributed by atoms with Gasteiger partial charge in [0.2, 0.25) is 0 Å². The quantitative estimate of drug-likeness (QED) is 0.796. The zero-order valence-electron chi connectivity index (χ0n) is 9.75. The number of hydrogen-bond acceptors (Lipinski definition) is 3. The Morgan fingerprint density at radius 1 is 1.24 bits per heavy atom. The van der Waals surface area contributed by atoms with E-state index in [1.54, 1.807) is 0 Å². The Morgan fingerprint density at radius 3 is 2.82 bits per heavy atom. The summed E-state index contributed by atoms with van der Waals surface area (Å²) in [4.78, 5) is 5.62. The summed E-state index contributed by atoms with van der Waals surface area (Å²) in [6.07, 6.45) is 4.83. The van der Waals surface area contributed by atoms with Crippen LogP contribution in [-0.2, 0) is 13.0 Å². The van der Waals surface area contributed by atoms with Crippen LogP contribution in [0.1, 0.15) is 5.69 Å². The second-order valence-corrected chi connectivity index (χ2v) is 4.97. The first kappa shape index (κ1) is 12.2. The van der Waals surface area contributed by atoms with Crippen molar-refractivity contribution in [1.82, 2.24) is 9.55 Å². The van der Waals surface area contributed by atoms with Gasteiger partial charge in [-0.1, -0.05) is 18.2 Å². The average Bonchev–Trinajstić information content (AvgIpc) is 2.79. The maximum atomic E-state index is 5.49. The van der Waals surface area contributed by atoms with Crippen LogP contribution in [0.15, 0.2) is 47.8 Å².